The van der Waals surface area contributed by atoms with Gasteiger partial charge in [-0.15, -0.1) is 0 Å². The molecule has 17 heavy (non-hydrogen) atoms. The van der Waals surface area contributed by atoms with Crippen LogP contribution in [0.5, 0.6) is 0 Å². The molecule has 0 aromatic carbocycles. The summed E-state index contributed by atoms with van der Waals surface area (Å²) in [6.07, 6.45) is 9.24. The molecule has 0 aliphatic heterocycles. The average Bonchev–Trinajstić information content (AvgIpc) is 3.13. The summed E-state index contributed by atoms with van der Waals surface area (Å²) in [6, 6.07) is 0.578. The van der Waals surface area contributed by atoms with Crippen molar-refractivity contribution in [2.45, 2.75) is 70.9 Å². The fourth-order valence-electron chi connectivity index (χ4n) is 3.04. The first-order chi connectivity index (χ1) is 8.16. The van der Waals surface area contributed by atoms with Gasteiger partial charge in [0.15, 0.2) is 0 Å². The highest BCUT2D eigenvalue weighted by molar-refractivity contribution is 4.82. The molecule has 100 valence electrons. The standard InChI is InChI=1S/C15H29NO/c1-12(2)16(10-13-8-9-13)11-15(17)14-6-4-3-5-7-14/h12-15,17H,3-11H2,1-2H3. The van der Waals surface area contributed by atoms with Crippen molar-refractivity contribution in [3.8, 4) is 0 Å². The van der Waals surface area contributed by atoms with E-state index < -0.39 is 0 Å². The van der Waals surface area contributed by atoms with Crippen molar-refractivity contribution in [3.05, 3.63) is 0 Å². The first-order valence-electron chi connectivity index (χ1n) is 7.59. The smallest absolute Gasteiger partial charge is 0.0695 e. The van der Waals surface area contributed by atoms with Crippen LogP contribution in [0.2, 0.25) is 0 Å². The Labute approximate surface area is 106 Å². The molecule has 0 heterocycles. The third-order valence-corrected chi connectivity index (χ3v) is 4.54. The van der Waals surface area contributed by atoms with Crippen molar-refractivity contribution in [3.63, 3.8) is 0 Å². The van der Waals surface area contributed by atoms with Crippen LogP contribution in [0.3, 0.4) is 0 Å². The largest absolute Gasteiger partial charge is 0.392 e. The van der Waals surface area contributed by atoms with Gasteiger partial charge in [-0.3, -0.25) is 4.90 Å². The lowest BCUT2D eigenvalue weighted by molar-refractivity contribution is 0.0363. The van der Waals surface area contributed by atoms with Gasteiger partial charge in [-0.05, 0) is 51.4 Å². The first kappa shape index (κ1) is 13.4. The van der Waals surface area contributed by atoms with E-state index in [0.29, 0.717) is 12.0 Å². The van der Waals surface area contributed by atoms with Crippen LogP contribution in [0.4, 0.5) is 0 Å². The molecule has 2 fully saturated rings. The predicted molar refractivity (Wildman–Crippen MR) is 72.0 cm³/mol. The summed E-state index contributed by atoms with van der Waals surface area (Å²) in [5, 5.41) is 10.4. The van der Waals surface area contributed by atoms with Crippen molar-refractivity contribution in [2.24, 2.45) is 11.8 Å². The van der Waals surface area contributed by atoms with Gasteiger partial charge in [0.1, 0.15) is 0 Å². The number of aliphatic hydroxyl groups excluding tert-OH is 1. The van der Waals surface area contributed by atoms with E-state index in [-0.39, 0.29) is 6.10 Å². The predicted octanol–water partition coefficient (Wildman–Crippen LogP) is 3.05. The van der Waals surface area contributed by atoms with E-state index in [9.17, 15) is 5.11 Å². The summed E-state index contributed by atoms with van der Waals surface area (Å²) in [4.78, 5) is 2.50. The minimum Gasteiger partial charge on any atom is -0.392 e. The molecule has 2 heteroatoms. The maximum Gasteiger partial charge on any atom is 0.0695 e. The Balaban J connectivity index is 1.78. The third-order valence-electron chi connectivity index (χ3n) is 4.54. The zero-order chi connectivity index (χ0) is 12.3. The summed E-state index contributed by atoms with van der Waals surface area (Å²) < 4.78 is 0. The van der Waals surface area contributed by atoms with Crippen LogP contribution in [0.15, 0.2) is 0 Å². The number of aliphatic hydroxyl groups is 1. The van der Waals surface area contributed by atoms with Gasteiger partial charge in [-0.25, -0.2) is 0 Å². The van der Waals surface area contributed by atoms with Gasteiger partial charge in [0.05, 0.1) is 6.10 Å². The summed E-state index contributed by atoms with van der Waals surface area (Å²) in [6.45, 7) is 6.63. The number of hydrogen-bond donors (Lipinski definition) is 1. The van der Waals surface area contributed by atoms with E-state index in [4.69, 9.17) is 0 Å². The van der Waals surface area contributed by atoms with Gasteiger partial charge in [0, 0.05) is 19.1 Å². The highest BCUT2D eigenvalue weighted by Crippen LogP contribution is 2.31. The zero-order valence-corrected chi connectivity index (χ0v) is 11.6. The third kappa shape index (κ3) is 4.26. The topological polar surface area (TPSA) is 23.5 Å². The maximum atomic E-state index is 10.4. The van der Waals surface area contributed by atoms with Crippen LogP contribution >= 0.6 is 0 Å². The average molecular weight is 239 g/mol. The molecular weight excluding hydrogens is 210 g/mol. The summed E-state index contributed by atoms with van der Waals surface area (Å²) in [7, 11) is 0. The zero-order valence-electron chi connectivity index (χ0n) is 11.6. The molecule has 1 unspecified atom stereocenters. The van der Waals surface area contributed by atoms with E-state index in [1.165, 1.54) is 51.5 Å². The molecule has 1 atom stereocenters. The van der Waals surface area contributed by atoms with Crippen molar-refractivity contribution >= 4 is 0 Å². The van der Waals surface area contributed by atoms with Crippen LogP contribution in [0.25, 0.3) is 0 Å². The molecule has 2 aliphatic rings. The van der Waals surface area contributed by atoms with E-state index in [0.717, 1.165) is 12.5 Å². The maximum absolute atomic E-state index is 10.4. The lowest BCUT2D eigenvalue weighted by atomic mass is 9.85. The second kappa shape index (κ2) is 6.19. The molecule has 0 aromatic heterocycles. The summed E-state index contributed by atoms with van der Waals surface area (Å²) >= 11 is 0. The molecule has 1 N–H and O–H groups in total. The van der Waals surface area contributed by atoms with Gasteiger partial charge < -0.3 is 5.11 Å². The summed E-state index contributed by atoms with van der Waals surface area (Å²) in [5.41, 5.74) is 0. The van der Waals surface area contributed by atoms with Crippen LogP contribution in [-0.4, -0.2) is 35.2 Å². The Hall–Kier alpha value is -0.0800. The van der Waals surface area contributed by atoms with Gasteiger partial charge in [0.2, 0.25) is 0 Å². The molecule has 2 saturated carbocycles. The quantitative estimate of drug-likeness (QED) is 0.770. The molecular formula is C15H29NO. The Morgan fingerprint density at radius 3 is 2.24 bits per heavy atom. The normalized spacial score (nSPS) is 24.5. The van der Waals surface area contributed by atoms with E-state index in [1.54, 1.807) is 0 Å². The fraction of sp³-hybridized carbons (Fsp3) is 1.00. The highest BCUT2D eigenvalue weighted by atomic mass is 16.3. The van der Waals surface area contributed by atoms with Crippen LogP contribution in [0.1, 0.15) is 58.8 Å². The van der Waals surface area contributed by atoms with Gasteiger partial charge in [-0.2, -0.15) is 0 Å². The van der Waals surface area contributed by atoms with Crippen LogP contribution in [0, 0.1) is 11.8 Å². The van der Waals surface area contributed by atoms with Crippen molar-refractivity contribution in [1.82, 2.24) is 4.90 Å². The van der Waals surface area contributed by atoms with Crippen molar-refractivity contribution in [2.75, 3.05) is 13.1 Å². The molecule has 0 amide bonds. The lowest BCUT2D eigenvalue weighted by Gasteiger charge is -2.33. The molecule has 2 nitrogen and oxygen atoms in total. The first-order valence-corrected chi connectivity index (χ1v) is 7.59. The molecule has 0 aromatic rings. The minimum absolute atomic E-state index is 0.0866. The molecule has 0 spiro atoms. The van der Waals surface area contributed by atoms with Gasteiger partial charge in [0.25, 0.3) is 0 Å². The minimum atomic E-state index is -0.0866. The number of nitrogens with zero attached hydrogens (tertiary/aromatic N) is 1. The molecule has 2 aliphatic carbocycles. The Kier molecular flexibility index (Phi) is 4.87. The Morgan fingerprint density at radius 1 is 1.06 bits per heavy atom. The van der Waals surface area contributed by atoms with E-state index in [1.807, 2.05) is 0 Å². The second-order valence-electron chi connectivity index (χ2n) is 6.46. The SMILES string of the molecule is CC(C)N(CC1CC1)CC(O)C1CCCCC1. The number of hydrogen-bond acceptors (Lipinski definition) is 2. The van der Waals surface area contributed by atoms with Crippen molar-refractivity contribution < 1.29 is 5.11 Å². The highest BCUT2D eigenvalue weighted by Gasteiger charge is 2.29. The lowest BCUT2D eigenvalue weighted by Crippen LogP contribution is -2.42. The molecule has 2 rings (SSSR count). The van der Waals surface area contributed by atoms with Crippen LogP contribution < -0.4 is 0 Å². The molecule has 0 radical (unpaired) electrons. The van der Waals surface area contributed by atoms with Gasteiger partial charge in [-0.1, -0.05) is 19.3 Å². The molecule has 0 bridgehead atoms. The monoisotopic (exact) mass is 239 g/mol. The van der Waals surface area contributed by atoms with Crippen LogP contribution in [-0.2, 0) is 0 Å². The van der Waals surface area contributed by atoms with Crippen molar-refractivity contribution in [1.29, 1.82) is 0 Å². The fourth-order valence-corrected chi connectivity index (χ4v) is 3.04. The number of rotatable bonds is 6. The molecule has 0 saturated heterocycles. The Morgan fingerprint density at radius 2 is 1.71 bits per heavy atom. The summed E-state index contributed by atoms with van der Waals surface area (Å²) in [5.74, 6) is 1.50. The second-order valence-corrected chi connectivity index (χ2v) is 6.46. The van der Waals surface area contributed by atoms with E-state index in [2.05, 4.69) is 18.7 Å². The van der Waals surface area contributed by atoms with E-state index >= 15 is 0 Å². The Bertz CT molecular complexity index is 219. The van der Waals surface area contributed by atoms with Gasteiger partial charge >= 0.3 is 0 Å².